The Hall–Kier alpha value is -2.01. The van der Waals surface area contributed by atoms with Gasteiger partial charge in [-0.05, 0) is 34.4 Å². The van der Waals surface area contributed by atoms with Crippen molar-refractivity contribution in [3.05, 3.63) is 36.2 Å². The zero-order chi connectivity index (χ0) is 20.7. The van der Waals surface area contributed by atoms with E-state index in [1.807, 2.05) is 4.90 Å². The molecule has 0 aliphatic carbocycles. The topological polar surface area (TPSA) is 96.6 Å². The van der Waals surface area contributed by atoms with Gasteiger partial charge in [-0.2, -0.15) is 0 Å². The normalized spacial score (nSPS) is 30.6. The summed E-state index contributed by atoms with van der Waals surface area (Å²) in [7, 11) is 0. The number of likely N-dealkylation sites (tertiary alicyclic amines) is 2. The first-order valence-electron chi connectivity index (χ1n) is 10.2. The molecule has 0 radical (unpaired) electrons. The maximum absolute atomic E-state index is 12.9. The number of tetrazole rings is 1. The molecule has 0 saturated carbocycles. The summed E-state index contributed by atoms with van der Waals surface area (Å²) in [6, 6.07) is 8.65. The number of fused-ring (bicyclic) bond motifs is 1. The molecule has 4 atom stereocenters. The van der Waals surface area contributed by atoms with E-state index < -0.39 is 5.60 Å². The van der Waals surface area contributed by atoms with Gasteiger partial charge in [0.15, 0.2) is 0 Å². The Morgan fingerprint density at radius 3 is 2.83 bits per heavy atom. The van der Waals surface area contributed by atoms with Gasteiger partial charge in [0.1, 0.15) is 18.5 Å². The van der Waals surface area contributed by atoms with Gasteiger partial charge in [-0.1, -0.05) is 12.1 Å². The lowest BCUT2D eigenvalue weighted by Gasteiger charge is -2.40. The molecule has 3 fully saturated rings. The van der Waals surface area contributed by atoms with Crippen LogP contribution < -0.4 is 0 Å². The molecule has 3 aliphatic heterocycles. The van der Waals surface area contributed by atoms with E-state index in [1.54, 1.807) is 11.8 Å². The van der Waals surface area contributed by atoms with E-state index in [9.17, 15) is 9.90 Å². The minimum atomic E-state index is -0.411. The molecule has 4 heterocycles. The van der Waals surface area contributed by atoms with Crippen LogP contribution in [0.15, 0.2) is 35.5 Å². The molecule has 3 saturated heterocycles. The number of rotatable bonds is 6. The Bertz CT molecular complexity index is 894. The van der Waals surface area contributed by atoms with Crippen LogP contribution in [0.3, 0.4) is 0 Å². The van der Waals surface area contributed by atoms with Crippen molar-refractivity contribution in [3.8, 4) is 0 Å². The molecule has 2 bridgehead atoms. The van der Waals surface area contributed by atoms with Crippen LogP contribution in [0.4, 0.5) is 0 Å². The van der Waals surface area contributed by atoms with Crippen molar-refractivity contribution in [1.29, 1.82) is 0 Å². The van der Waals surface area contributed by atoms with Gasteiger partial charge in [0.2, 0.25) is 5.91 Å². The van der Waals surface area contributed by atoms with Crippen LogP contribution in [0.5, 0.6) is 0 Å². The van der Waals surface area contributed by atoms with Crippen LogP contribution in [0.1, 0.15) is 5.56 Å². The minimum absolute atomic E-state index is 0.0154. The number of aliphatic hydroxyl groups is 1. The minimum Gasteiger partial charge on any atom is -0.396 e. The molecular formula is C20H26N6O3S. The number of aromatic nitrogens is 4. The van der Waals surface area contributed by atoms with E-state index in [4.69, 9.17) is 4.74 Å². The second-order valence-corrected chi connectivity index (χ2v) is 9.35. The number of thioether (sulfide) groups is 1. The number of amides is 1. The molecule has 160 valence electrons. The fourth-order valence-electron chi connectivity index (χ4n) is 5.32. The highest BCUT2D eigenvalue weighted by Crippen LogP contribution is 2.49. The molecule has 3 aliphatic rings. The van der Waals surface area contributed by atoms with E-state index in [2.05, 4.69) is 50.9 Å². The third kappa shape index (κ3) is 3.51. The van der Waals surface area contributed by atoms with E-state index >= 15 is 0 Å². The van der Waals surface area contributed by atoms with Crippen LogP contribution in [-0.4, -0.2) is 91.8 Å². The highest BCUT2D eigenvalue weighted by Gasteiger charge is 2.62. The molecule has 5 rings (SSSR count). The molecule has 1 aromatic carbocycles. The fraction of sp³-hybridized carbons (Fsp3) is 0.600. The number of benzene rings is 1. The second kappa shape index (κ2) is 7.92. The van der Waals surface area contributed by atoms with Gasteiger partial charge in [0.05, 0.1) is 12.6 Å². The van der Waals surface area contributed by atoms with Crippen molar-refractivity contribution in [2.24, 2.45) is 11.8 Å². The van der Waals surface area contributed by atoms with Crippen molar-refractivity contribution in [1.82, 2.24) is 30.0 Å². The Morgan fingerprint density at radius 2 is 2.13 bits per heavy atom. The molecular weight excluding hydrogens is 404 g/mol. The Balaban J connectivity index is 1.31. The molecule has 10 heteroatoms. The Morgan fingerprint density at radius 1 is 1.30 bits per heavy atom. The quantitative estimate of drug-likeness (QED) is 0.646. The molecule has 1 N–H and O–H groups in total. The van der Waals surface area contributed by atoms with Gasteiger partial charge in [0, 0.05) is 49.5 Å². The van der Waals surface area contributed by atoms with Crippen LogP contribution >= 0.6 is 11.8 Å². The number of aliphatic hydroxyl groups excluding tert-OH is 1. The smallest absolute Gasteiger partial charge is 0.244 e. The SMILES string of the molecule is CSc1ccc(CN2C[C@@H]3[C@H](CO)[C@H]4CN(C(=O)Cn5cnnn5)C[C@]3(C2)O4)cc1. The highest BCUT2D eigenvalue weighted by atomic mass is 32.2. The Kier molecular flexibility index (Phi) is 5.26. The summed E-state index contributed by atoms with van der Waals surface area (Å²) in [5.74, 6) is 0.266. The molecule has 1 amide bonds. The largest absolute Gasteiger partial charge is 0.396 e. The van der Waals surface area contributed by atoms with Gasteiger partial charge >= 0.3 is 0 Å². The first-order valence-corrected chi connectivity index (χ1v) is 11.5. The number of morpholine rings is 1. The average molecular weight is 431 g/mol. The summed E-state index contributed by atoms with van der Waals surface area (Å²) in [6.45, 7) is 3.76. The average Bonchev–Trinajstić information content (AvgIpc) is 3.41. The van der Waals surface area contributed by atoms with Crippen LogP contribution in [0, 0.1) is 11.8 Å². The van der Waals surface area contributed by atoms with E-state index in [0.29, 0.717) is 13.1 Å². The van der Waals surface area contributed by atoms with Crippen LogP contribution in [-0.2, 0) is 22.6 Å². The van der Waals surface area contributed by atoms with Crippen molar-refractivity contribution in [2.75, 3.05) is 39.0 Å². The second-order valence-electron chi connectivity index (χ2n) is 8.47. The zero-order valence-electron chi connectivity index (χ0n) is 16.9. The van der Waals surface area contributed by atoms with Gasteiger partial charge in [-0.25, -0.2) is 4.68 Å². The highest BCUT2D eigenvalue weighted by molar-refractivity contribution is 7.98. The van der Waals surface area contributed by atoms with Crippen LogP contribution in [0.2, 0.25) is 0 Å². The van der Waals surface area contributed by atoms with Crippen molar-refractivity contribution in [2.45, 2.75) is 29.7 Å². The number of carbonyl (C=O) groups excluding carboxylic acids is 1. The first kappa shape index (κ1) is 19.9. The first-order chi connectivity index (χ1) is 14.6. The van der Waals surface area contributed by atoms with Crippen molar-refractivity contribution < 1.29 is 14.6 Å². The summed E-state index contributed by atoms with van der Waals surface area (Å²) < 4.78 is 7.93. The number of carbonyl (C=O) groups is 1. The van der Waals surface area contributed by atoms with E-state index in [-0.39, 0.29) is 37.0 Å². The van der Waals surface area contributed by atoms with Gasteiger partial charge in [0.25, 0.3) is 0 Å². The lowest BCUT2D eigenvalue weighted by atomic mass is 9.83. The van der Waals surface area contributed by atoms with Gasteiger partial charge < -0.3 is 14.7 Å². The predicted octanol–water partition coefficient (Wildman–Crippen LogP) is 0.115. The molecule has 30 heavy (non-hydrogen) atoms. The van der Waals surface area contributed by atoms with Gasteiger partial charge in [-0.3, -0.25) is 9.69 Å². The lowest BCUT2D eigenvalue weighted by Crippen LogP contribution is -2.56. The number of nitrogens with zero attached hydrogens (tertiary/aromatic N) is 6. The maximum Gasteiger partial charge on any atom is 0.244 e. The van der Waals surface area contributed by atoms with E-state index in [1.165, 1.54) is 21.5 Å². The standard InChI is InChI=1S/C20H26N6O3S/c1-30-15-4-2-14(3-5-15)6-24-7-17-16(10-27)18-8-25(12-20(17,11-24)29-18)19(28)9-26-13-21-22-23-26/h2-5,13,16-18,27H,6-12H2,1H3/t16-,17+,18+,20-/m0/s1. The van der Waals surface area contributed by atoms with Crippen molar-refractivity contribution >= 4 is 17.7 Å². The number of hydrogen-bond donors (Lipinski definition) is 1. The lowest BCUT2D eigenvalue weighted by molar-refractivity contribution is -0.154. The van der Waals surface area contributed by atoms with Gasteiger partial charge in [-0.15, -0.1) is 16.9 Å². The zero-order valence-corrected chi connectivity index (χ0v) is 17.7. The third-order valence-electron chi connectivity index (χ3n) is 6.68. The molecule has 1 spiro atoms. The molecule has 9 nitrogen and oxygen atoms in total. The Labute approximate surface area is 179 Å². The molecule has 0 unspecified atom stereocenters. The summed E-state index contributed by atoms with van der Waals surface area (Å²) >= 11 is 1.74. The summed E-state index contributed by atoms with van der Waals surface area (Å²) in [6.07, 6.45) is 3.41. The summed E-state index contributed by atoms with van der Waals surface area (Å²) in [5.41, 5.74) is 0.856. The summed E-state index contributed by atoms with van der Waals surface area (Å²) in [5, 5.41) is 21.1. The predicted molar refractivity (Wildman–Crippen MR) is 110 cm³/mol. The monoisotopic (exact) mass is 430 g/mol. The number of hydrogen-bond acceptors (Lipinski definition) is 8. The van der Waals surface area contributed by atoms with Crippen LogP contribution in [0.25, 0.3) is 0 Å². The maximum atomic E-state index is 12.9. The van der Waals surface area contributed by atoms with E-state index in [0.717, 1.165) is 19.6 Å². The fourth-order valence-corrected chi connectivity index (χ4v) is 5.73. The summed E-state index contributed by atoms with van der Waals surface area (Å²) in [4.78, 5) is 18.4. The third-order valence-corrected chi connectivity index (χ3v) is 7.42. The molecule has 1 aromatic heterocycles. The number of ether oxygens (including phenoxy) is 1. The molecule has 2 aromatic rings. The van der Waals surface area contributed by atoms with Crippen molar-refractivity contribution in [3.63, 3.8) is 0 Å².